The molecule has 3 rings (SSSR count). The molecule has 1 aromatic carbocycles. The summed E-state index contributed by atoms with van der Waals surface area (Å²) in [5.74, 6) is -0.587. The molecule has 1 amide bonds. The number of thioether (sulfide) groups is 1. The first-order valence-electron chi connectivity index (χ1n) is 6.73. The fraction of sp³-hybridized carbons (Fsp3) is 0.467. The van der Waals surface area contributed by atoms with Crippen molar-refractivity contribution < 1.29 is 15.0 Å². The molecule has 1 aromatic rings. The van der Waals surface area contributed by atoms with Gasteiger partial charge in [-0.1, -0.05) is 12.1 Å². The normalized spacial score (nSPS) is 31.2. The van der Waals surface area contributed by atoms with Crippen LogP contribution in [0.2, 0.25) is 0 Å². The third kappa shape index (κ3) is 2.00. The van der Waals surface area contributed by atoms with E-state index >= 15 is 0 Å². The zero-order valence-electron chi connectivity index (χ0n) is 11.7. The molecule has 0 spiro atoms. The van der Waals surface area contributed by atoms with Gasteiger partial charge in [0.05, 0.1) is 23.5 Å². The fourth-order valence-electron chi connectivity index (χ4n) is 3.01. The Balaban J connectivity index is 1.85. The minimum absolute atomic E-state index is 0.119. The smallest absolute Gasteiger partial charge is 0.233 e. The maximum absolute atomic E-state index is 12.3. The number of rotatable bonds is 2. The second kappa shape index (κ2) is 4.65. The van der Waals surface area contributed by atoms with Gasteiger partial charge in [-0.15, -0.1) is 11.8 Å². The Hall–Kier alpha value is -1.71. The molecule has 21 heavy (non-hydrogen) atoms. The maximum atomic E-state index is 12.3. The van der Waals surface area contributed by atoms with Gasteiger partial charge < -0.3 is 15.1 Å². The Labute approximate surface area is 127 Å². The molecule has 4 atom stereocenters. The summed E-state index contributed by atoms with van der Waals surface area (Å²) < 4.78 is -0.335. The zero-order chi connectivity index (χ0) is 15.4. The SMILES string of the molecule is CC1(C)SC2C(C(O)c3ccc(O)cc3)C(=O)N2C1C#N. The molecule has 110 valence electrons. The van der Waals surface area contributed by atoms with Crippen LogP contribution < -0.4 is 0 Å². The average molecular weight is 304 g/mol. The van der Waals surface area contributed by atoms with Crippen LogP contribution in [-0.4, -0.2) is 37.2 Å². The first-order chi connectivity index (χ1) is 9.86. The average Bonchev–Trinajstić information content (AvgIpc) is 2.67. The summed E-state index contributed by atoms with van der Waals surface area (Å²) in [5, 5.41) is 28.8. The number of phenols is 1. The molecular weight excluding hydrogens is 288 g/mol. The highest BCUT2D eigenvalue weighted by Crippen LogP contribution is 2.55. The number of aliphatic hydroxyl groups is 1. The van der Waals surface area contributed by atoms with Crippen LogP contribution >= 0.6 is 11.8 Å². The van der Waals surface area contributed by atoms with Gasteiger partial charge in [0.2, 0.25) is 5.91 Å². The summed E-state index contributed by atoms with van der Waals surface area (Å²) in [5.41, 5.74) is 0.601. The van der Waals surface area contributed by atoms with Crippen LogP contribution in [0.1, 0.15) is 25.5 Å². The van der Waals surface area contributed by atoms with Gasteiger partial charge in [0.15, 0.2) is 0 Å². The van der Waals surface area contributed by atoms with E-state index < -0.39 is 18.1 Å². The van der Waals surface area contributed by atoms with Crippen molar-refractivity contribution >= 4 is 17.7 Å². The second-order valence-electron chi connectivity index (χ2n) is 5.95. The summed E-state index contributed by atoms with van der Waals surface area (Å²) in [6.45, 7) is 3.89. The van der Waals surface area contributed by atoms with E-state index in [4.69, 9.17) is 0 Å². The third-order valence-electron chi connectivity index (χ3n) is 4.18. The minimum Gasteiger partial charge on any atom is -0.508 e. The molecule has 2 heterocycles. The van der Waals surface area contributed by atoms with Gasteiger partial charge in [-0.3, -0.25) is 4.79 Å². The Bertz CT molecular complexity index is 623. The standard InChI is InChI=1S/C15H16N2O3S/c1-15(2)10(7-16)17-13(20)11(14(17)21-15)12(19)8-3-5-9(18)6-4-8/h3-6,10-12,14,18-19H,1-2H3. The Morgan fingerprint density at radius 1 is 1.38 bits per heavy atom. The molecule has 2 aliphatic heterocycles. The van der Waals surface area contributed by atoms with Crippen LogP contribution in [-0.2, 0) is 4.79 Å². The molecule has 2 N–H and O–H groups in total. The van der Waals surface area contributed by atoms with Crippen molar-refractivity contribution in [1.29, 1.82) is 5.26 Å². The third-order valence-corrected chi connectivity index (χ3v) is 5.77. The predicted molar refractivity (Wildman–Crippen MR) is 78.3 cm³/mol. The first-order valence-corrected chi connectivity index (χ1v) is 7.61. The Morgan fingerprint density at radius 2 is 2.00 bits per heavy atom. The molecule has 2 saturated heterocycles. The number of nitriles is 1. The lowest BCUT2D eigenvalue weighted by Gasteiger charge is -2.45. The monoisotopic (exact) mass is 304 g/mol. The lowest BCUT2D eigenvalue weighted by atomic mass is 9.85. The minimum atomic E-state index is -0.917. The van der Waals surface area contributed by atoms with Crippen molar-refractivity contribution in [3.8, 4) is 11.8 Å². The number of aromatic hydroxyl groups is 1. The number of benzene rings is 1. The summed E-state index contributed by atoms with van der Waals surface area (Å²) in [6, 6.07) is 7.94. The van der Waals surface area contributed by atoms with Crippen LogP contribution in [0.15, 0.2) is 24.3 Å². The largest absolute Gasteiger partial charge is 0.508 e. The number of fused-ring (bicyclic) bond motifs is 1. The number of nitrogens with zero attached hydrogens (tertiary/aromatic N) is 2. The van der Waals surface area contributed by atoms with E-state index in [2.05, 4.69) is 6.07 Å². The first kappa shape index (κ1) is 14.2. The van der Waals surface area contributed by atoms with Crippen molar-refractivity contribution in [2.75, 3.05) is 0 Å². The van der Waals surface area contributed by atoms with Gasteiger partial charge in [0.1, 0.15) is 11.8 Å². The molecule has 0 saturated carbocycles. The Kier molecular flexibility index (Phi) is 3.15. The number of β-lactam (4-membered cyclic amide) rings is 1. The van der Waals surface area contributed by atoms with E-state index in [0.29, 0.717) is 5.56 Å². The molecule has 0 radical (unpaired) electrons. The van der Waals surface area contributed by atoms with Crippen LogP contribution in [0.4, 0.5) is 0 Å². The van der Waals surface area contributed by atoms with Crippen LogP contribution in [0, 0.1) is 17.2 Å². The van der Waals surface area contributed by atoms with Crippen molar-refractivity contribution in [2.24, 2.45) is 5.92 Å². The molecule has 0 aromatic heterocycles. The molecule has 4 unspecified atom stereocenters. The fourth-order valence-corrected chi connectivity index (χ4v) is 4.68. The molecule has 2 aliphatic rings. The topological polar surface area (TPSA) is 84.6 Å². The number of aliphatic hydroxyl groups excluding tert-OH is 1. The number of hydrogen-bond donors (Lipinski definition) is 2. The van der Waals surface area contributed by atoms with Crippen LogP contribution in [0.5, 0.6) is 5.75 Å². The quantitative estimate of drug-likeness (QED) is 0.811. The lowest BCUT2D eigenvalue weighted by Crippen LogP contribution is -2.61. The highest BCUT2D eigenvalue weighted by atomic mass is 32.2. The molecular formula is C15H16N2O3S. The molecule has 0 aliphatic carbocycles. The molecule has 2 fully saturated rings. The number of carbonyl (C=O) groups is 1. The van der Waals surface area contributed by atoms with E-state index in [9.17, 15) is 20.3 Å². The Morgan fingerprint density at radius 3 is 2.57 bits per heavy atom. The second-order valence-corrected chi connectivity index (χ2v) is 7.72. The van der Waals surface area contributed by atoms with Gasteiger partial charge in [-0.05, 0) is 31.5 Å². The maximum Gasteiger partial charge on any atom is 0.233 e. The van der Waals surface area contributed by atoms with E-state index in [1.54, 1.807) is 28.8 Å². The van der Waals surface area contributed by atoms with Gasteiger partial charge in [0.25, 0.3) is 0 Å². The highest BCUT2D eigenvalue weighted by molar-refractivity contribution is 8.01. The van der Waals surface area contributed by atoms with Crippen molar-refractivity contribution in [1.82, 2.24) is 4.90 Å². The zero-order valence-corrected chi connectivity index (χ0v) is 12.5. The number of phenolic OH excluding ortho intramolecular Hbond substituents is 1. The summed E-state index contributed by atoms with van der Waals surface area (Å²) in [4.78, 5) is 13.9. The van der Waals surface area contributed by atoms with Crippen LogP contribution in [0.25, 0.3) is 0 Å². The van der Waals surface area contributed by atoms with Gasteiger partial charge in [0, 0.05) is 4.75 Å². The molecule has 5 nitrogen and oxygen atoms in total. The van der Waals surface area contributed by atoms with Crippen molar-refractivity contribution in [3.63, 3.8) is 0 Å². The highest BCUT2D eigenvalue weighted by Gasteiger charge is 2.63. The summed E-state index contributed by atoms with van der Waals surface area (Å²) in [6.07, 6.45) is -0.917. The van der Waals surface area contributed by atoms with Gasteiger partial charge >= 0.3 is 0 Å². The van der Waals surface area contributed by atoms with E-state index in [1.165, 1.54) is 12.1 Å². The van der Waals surface area contributed by atoms with Crippen molar-refractivity contribution in [2.45, 2.75) is 36.1 Å². The number of hydrogen-bond acceptors (Lipinski definition) is 5. The van der Waals surface area contributed by atoms with E-state index in [0.717, 1.165) is 0 Å². The summed E-state index contributed by atoms with van der Waals surface area (Å²) in [7, 11) is 0. The van der Waals surface area contributed by atoms with E-state index in [-0.39, 0.29) is 21.8 Å². The lowest BCUT2D eigenvalue weighted by molar-refractivity contribution is -0.159. The molecule has 0 bridgehead atoms. The molecule has 6 heteroatoms. The number of amides is 1. The van der Waals surface area contributed by atoms with Crippen molar-refractivity contribution in [3.05, 3.63) is 29.8 Å². The van der Waals surface area contributed by atoms with Crippen LogP contribution in [0.3, 0.4) is 0 Å². The van der Waals surface area contributed by atoms with Gasteiger partial charge in [-0.25, -0.2) is 0 Å². The van der Waals surface area contributed by atoms with Gasteiger partial charge in [-0.2, -0.15) is 5.26 Å². The van der Waals surface area contributed by atoms with E-state index in [1.807, 2.05) is 13.8 Å². The summed E-state index contributed by atoms with van der Waals surface area (Å²) >= 11 is 1.56. The number of carbonyl (C=O) groups excluding carboxylic acids is 1. The predicted octanol–water partition coefficient (Wildman–Crippen LogP) is 1.63.